The molecule has 0 aromatic heterocycles. The van der Waals surface area contributed by atoms with Crippen LogP contribution in [0.3, 0.4) is 0 Å². The quantitative estimate of drug-likeness (QED) is 0.758. The fourth-order valence-electron chi connectivity index (χ4n) is 1.99. The van der Waals surface area contributed by atoms with E-state index in [0.717, 1.165) is 4.47 Å². The summed E-state index contributed by atoms with van der Waals surface area (Å²) >= 11 is 6.43. The molecular weight excluding hydrogens is 414 g/mol. The molecule has 5 nitrogen and oxygen atoms in total. The van der Waals surface area contributed by atoms with E-state index in [9.17, 15) is 18.3 Å². The normalized spacial score (nSPS) is 18.6. The first-order valence-electron chi connectivity index (χ1n) is 5.89. The minimum absolute atomic E-state index is 0.0221. The average Bonchev–Trinajstić information content (AvgIpc) is 3.10. The zero-order valence-corrected chi connectivity index (χ0v) is 14.5. The molecule has 20 heavy (non-hydrogen) atoms. The Morgan fingerprint density at radius 3 is 2.45 bits per heavy atom. The van der Waals surface area contributed by atoms with Gasteiger partial charge in [-0.3, -0.25) is 4.79 Å². The lowest BCUT2D eigenvalue weighted by Gasteiger charge is -2.26. The minimum Gasteiger partial charge on any atom is -0.480 e. The zero-order valence-electron chi connectivity index (χ0n) is 10.6. The number of carboxylic acids is 1. The number of rotatable bonds is 5. The molecule has 1 aromatic carbocycles. The van der Waals surface area contributed by atoms with Crippen LogP contribution in [0.25, 0.3) is 0 Å². The third-order valence-corrected chi connectivity index (χ3v) is 6.41. The Kier molecular flexibility index (Phi) is 4.30. The first-order valence-corrected chi connectivity index (χ1v) is 8.96. The smallest absolute Gasteiger partial charge is 0.324 e. The first-order chi connectivity index (χ1) is 9.17. The monoisotopic (exact) mass is 425 g/mol. The van der Waals surface area contributed by atoms with Gasteiger partial charge in [-0.1, -0.05) is 15.9 Å². The number of nitrogens with one attached hydrogen (secondary N) is 1. The molecule has 0 spiro atoms. The second-order valence-corrected chi connectivity index (χ2v) is 8.38. The Morgan fingerprint density at radius 1 is 1.40 bits per heavy atom. The molecule has 2 rings (SSSR count). The van der Waals surface area contributed by atoms with E-state index in [1.54, 1.807) is 12.1 Å². The Hall–Kier alpha value is -0.440. The minimum atomic E-state index is -3.91. The van der Waals surface area contributed by atoms with Gasteiger partial charge in [-0.25, -0.2) is 8.42 Å². The summed E-state index contributed by atoms with van der Waals surface area (Å²) in [5.41, 5.74) is -1.47. The highest BCUT2D eigenvalue weighted by atomic mass is 79.9. The first kappa shape index (κ1) is 15.9. The molecule has 1 unspecified atom stereocenters. The maximum absolute atomic E-state index is 12.4. The highest BCUT2D eigenvalue weighted by Gasteiger charge is 2.50. The van der Waals surface area contributed by atoms with E-state index in [0.29, 0.717) is 17.3 Å². The highest BCUT2D eigenvalue weighted by molar-refractivity contribution is 9.11. The van der Waals surface area contributed by atoms with Crippen LogP contribution in [0.2, 0.25) is 0 Å². The van der Waals surface area contributed by atoms with Gasteiger partial charge in [0.2, 0.25) is 10.0 Å². The molecule has 0 bridgehead atoms. The second kappa shape index (κ2) is 5.40. The van der Waals surface area contributed by atoms with Crippen molar-refractivity contribution in [3.8, 4) is 0 Å². The van der Waals surface area contributed by atoms with Crippen LogP contribution >= 0.6 is 31.9 Å². The Labute approximate surface area is 134 Å². The van der Waals surface area contributed by atoms with Gasteiger partial charge in [0.25, 0.3) is 0 Å². The van der Waals surface area contributed by atoms with Gasteiger partial charge in [-0.15, -0.1) is 0 Å². The van der Waals surface area contributed by atoms with Crippen molar-refractivity contribution in [1.82, 2.24) is 4.72 Å². The van der Waals surface area contributed by atoms with E-state index >= 15 is 0 Å². The summed E-state index contributed by atoms with van der Waals surface area (Å²) in [4.78, 5) is 11.4. The number of halogens is 2. The van der Waals surface area contributed by atoms with Crippen LogP contribution in [0, 0.1) is 5.92 Å². The number of hydrogen-bond acceptors (Lipinski definition) is 3. The predicted molar refractivity (Wildman–Crippen MR) is 80.9 cm³/mol. The Bertz CT molecular complexity index is 657. The summed E-state index contributed by atoms with van der Waals surface area (Å²) in [5.74, 6) is -1.32. The fraction of sp³-hybridized carbons (Fsp3) is 0.417. The summed E-state index contributed by atoms with van der Waals surface area (Å²) < 4.78 is 28.2. The number of carboxylic acid groups (broad SMARTS) is 1. The van der Waals surface area contributed by atoms with E-state index in [4.69, 9.17) is 0 Å². The van der Waals surface area contributed by atoms with Crippen LogP contribution in [0.15, 0.2) is 32.0 Å². The maximum atomic E-state index is 12.4. The van der Waals surface area contributed by atoms with Crippen LogP contribution in [0.1, 0.15) is 19.8 Å². The molecule has 1 aromatic rings. The van der Waals surface area contributed by atoms with Gasteiger partial charge >= 0.3 is 5.97 Å². The van der Waals surface area contributed by atoms with Crippen LogP contribution in [0.5, 0.6) is 0 Å². The molecule has 1 saturated carbocycles. The Morgan fingerprint density at radius 2 is 2.00 bits per heavy atom. The van der Waals surface area contributed by atoms with E-state index in [1.165, 1.54) is 13.0 Å². The highest BCUT2D eigenvalue weighted by Crippen LogP contribution is 2.41. The third kappa shape index (κ3) is 3.08. The van der Waals surface area contributed by atoms with Gasteiger partial charge in [-0.05, 0) is 59.8 Å². The summed E-state index contributed by atoms with van der Waals surface area (Å²) in [7, 11) is -3.91. The molecule has 1 fully saturated rings. The lowest BCUT2D eigenvalue weighted by atomic mass is 9.98. The SMILES string of the molecule is CC(NS(=O)(=O)c1ccc(Br)cc1Br)(C(=O)O)C1CC1. The molecular formula is C12H13Br2NO4S. The van der Waals surface area contributed by atoms with E-state index in [1.807, 2.05) is 0 Å². The number of sulfonamides is 1. The average molecular weight is 427 g/mol. The van der Waals surface area contributed by atoms with E-state index < -0.39 is 21.5 Å². The summed E-state index contributed by atoms with van der Waals surface area (Å²) in [5, 5.41) is 9.32. The molecule has 0 heterocycles. The zero-order chi connectivity index (χ0) is 15.1. The van der Waals surface area contributed by atoms with Crippen LogP contribution in [-0.4, -0.2) is 25.0 Å². The van der Waals surface area contributed by atoms with Crippen molar-refractivity contribution in [3.63, 3.8) is 0 Å². The largest absolute Gasteiger partial charge is 0.480 e. The third-order valence-electron chi connectivity index (χ3n) is 3.37. The van der Waals surface area contributed by atoms with Crippen molar-refractivity contribution >= 4 is 47.9 Å². The molecule has 1 aliphatic carbocycles. The molecule has 2 N–H and O–H groups in total. The van der Waals surface area contributed by atoms with Crippen molar-refractivity contribution in [1.29, 1.82) is 0 Å². The van der Waals surface area contributed by atoms with Gasteiger partial charge in [0, 0.05) is 8.95 Å². The standard InChI is InChI=1S/C12H13Br2NO4S/c1-12(11(16)17,7-2-3-7)15-20(18,19)10-5-4-8(13)6-9(10)14/h4-7,15H,2-3H2,1H3,(H,16,17). The molecule has 0 amide bonds. The van der Waals surface area contributed by atoms with Crippen LogP contribution in [-0.2, 0) is 14.8 Å². The van der Waals surface area contributed by atoms with Gasteiger partial charge < -0.3 is 5.11 Å². The van der Waals surface area contributed by atoms with Crippen molar-refractivity contribution in [2.75, 3.05) is 0 Å². The van der Waals surface area contributed by atoms with Gasteiger partial charge in [0.05, 0.1) is 4.90 Å². The van der Waals surface area contributed by atoms with E-state index in [-0.39, 0.29) is 10.8 Å². The van der Waals surface area contributed by atoms with Crippen molar-refractivity contribution in [2.24, 2.45) is 5.92 Å². The van der Waals surface area contributed by atoms with Crippen molar-refractivity contribution in [3.05, 3.63) is 27.1 Å². The predicted octanol–water partition coefficient (Wildman–Crippen LogP) is 2.74. The summed E-state index contributed by atoms with van der Waals surface area (Å²) in [6.45, 7) is 1.41. The molecule has 1 aliphatic rings. The molecule has 110 valence electrons. The Balaban J connectivity index is 2.38. The number of aliphatic carboxylic acids is 1. The van der Waals surface area contributed by atoms with Gasteiger partial charge in [0.1, 0.15) is 5.54 Å². The second-order valence-electron chi connectivity index (χ2n) is 4.96. The molecule has 8 heteroatoms. The van der Waals surface area contributed by atoms with Crippen LogP contribution in [0.4, 0.5) is 0 Å². The number of benzene rings is 1. The lowest BCUT2D eigenvalue weighted by molar-refractivity contribution is -0.144. The van der Waals surface area contributed by atoms with Gasteiger partial charge in [0.15, 0.2) is 0 Å². The molecule has 0 saturated heterocycles. The number of carbonyl (C=O) groups is 1. The maximum Gasteiger partial charge on any atom is 0.324 e. The van der Waals surface area contributed by atoms with Gasteiger partial charge in [-0.2, -0.15) is 4.72 Å². The van der Waals surface area contributed by atoms with Crippen molar-refractivity contribution < 1.29 is 18.3 Å². The number of hydrogen-bond donors (Lipinski definition) is 2. The molecule has 0 aliphatic heterocycles. The fourth-order valence-corrected chi connectivity index (χ4v) is 5.16. The van der Waals surface area contributed by atoms with Crippen molar-refractivity contribution in [2.45, 2.75) is 30.2 Å². The summed E-state index contributed by atoms with van der Waals surface area (Å²) in [6.07, 6.45) is 1.43. The summed E-state index contributed by atoms with van der Waals surface area (Å²) in [6, 6.07) is 4.62. The van der Waals surface area contributed by atoms with E-state index in [2.05, 4.69) is 36.6 Å². The molecule has 1 atom stereocenters. The lowest BCUT2D eigenvalue weighted by Crippen LogP contribution is -2.53. The van der Waals surface area contributed by atoms with Crippen LogP contribution < -0.4 is 4.72 Å². The molecule has 0 radical (unpaired) electrons. The topological polar surface area (TPSA) is 83.5 Å².